The lowest BCUT2D eigenvalue weighted by molar-refractivity contribution is 0.669. The highest BCUT2D eigenvalue weighted by Gasteiger charge is 2.25. The van der Waals surface area contributed by atoms with Crippen molar-refractivity contribution < 1.29 is 4.42 Å². The van der Waals surface area contributed by atoms with Gasteiger partial charge in [-0.1, -0.05) is 140 Å². The highest BCUT2D eigenvalue weighted by molar-refractivity contribution is 7.21. The maximum Gasteiger partial charge on any atom is 0.139 e. The van der Waals surface area contributed by atoms with Crippen LogP contribution < -0.4 is 4.90 Å². The molecule has 0 bridgehead atoms. The second-order valence-electron chi connectivity index (χ2n) is 12.8. The third-order valence-electron chi connectivity index (χ3n) is 9.66. The summed E-state index contributed by atoms with van der Waals surface area (Å²) in [6.45, 7) is 0. The average Bonchev–Trinajstić information content (AvgIpc) is 3.80. The first-order valence-corrected chi connectivity index (χ1v) is 17.9. The number of thiazole rings is 1. The van der Waals surface area contributed by atoms with Crippen LogP contribution in [0.3, 0.4) is 0 Å². The van der Waals surface area contributed by atoms with E-state index in [2.05, 4.69) is 175 Å². The third kappa shape index (κ3) is 5.16. The summed E-state index contributed by atoms with van der Waals surface area (Å²) in [7, 11) is 0. The lowest BCUT2D eigenvalue weighted by Gasteiger charge is -2.27. The predicted molar refractivity (Wildman–Crippen MR) is 215 cm³/mol. The highest BCUT2D eigenvalue weighted by Crippen LogP contribution is 2.49. The Morgan fingerprint density at radius 1 is 0.451 bits per heavy atom. The number of nitrogens with zero attached hydrogens (tertiary/aromatic N) is 2. The van der Waals surface area contributed by atoms with Crippen molar-refractivity contribution in [3.05, 3.63) is 182 Å². The van der Waals surface area contributed by atoms with Gasteiger partial charge in [-0.15, -0.1) is 11.3 Å². The Morgan fingerprint density at radius 2 is 1.10 bits per heavy atom. The number of benzene rings is 8. The number of hydrogen-bond donors (Lipinski definition) is 0. The van der Waals surface area contributed by atoms with Crippen LogP contribution >= 0.6 is 11.3 Å². The fraction of sp³-hybridized carbons (Fsp3) is 0. The van der Waals surface area contributed by atoms with Gasteiger partial charge in [-0.05, 0) is 69.4 Å². The van der Waals surface area contributed by atoms with E-state index in [1.807, 2.05) is 12.1 Å². The van der Waals surface area contributed by atoms with Gasteiger partial charge in [-0.3, -0.25) is 0 Å². The summed E-state index contributed by atoms with van der Waals surface area (Å²) in [5.41, 5.74) is 11.5. The summed E-state index contributed by atoms with van der Waals surface area (Å²) in [5, 5.41) is 5.55. The lowest BCUT2D eigenvalue weighted by atomic mass is 10.00. The molecule has 2 aromatic heterocycles. The second kappa shape index (κ2) is 12.1. The summed E-state index contributed by atoms with van der Waals surface area (Å²) in [4.78, 5) is 7.78. The molecule has 240 valence electrons. The molecule has 0 amide bonds. The molecule has 4 heteroatoms. The maximum absolute atomic E-state index is 6.60. The van der Waals surface area contributed by atoms with E-state index in [1.54, 1.807) is 11.3 Å². The van der Waals surface area contributed by atoms with Gasteiger partial charge in [0, 0.05) is 28.4 Å². The van der Waals surface area contributed by atoms with Crippen LogP contribution in [0.25, 0.3) is 75.8 Å². The quantitative estimate of drug-likeness (QED) is 0.176. The van der Waals surface area contributed by atoms with Gasteiger partial charge < -0.3 is 9.32 Å². The van der Waals surface area contributed by atoms with E-state index in [9.17, 15) is 0 Å². The standard InChI is InChI=1S/C47H30N2OS/c1-3-12-31(13-4-1)33-24-26-38(27-25-33)49(39-19-11-18-36(29-39)37-23-22-32-14-7-8-17-35(32)28-37)46-44-40-20-9-10-21-41(40)50-42(44)30-43-45(46)48-47(51-43)34-15-5-2-6-16-34/h1-30H. The fourth-order valence-electron chi connectivity index (χ4n) is 7.20. The van der Waals surface area contributed by atoms with Crippen molar-refractivity contribution in [3.63, 3.8) is 0 Å². The molecule has 0 saturated carbocycles. The predicted octanol–water partition coefficient (Wildman–Crippen LogP) is 13.8. The Morgan fingerprint density at radius 3 is 1.92 bits per heavy atom. The molecular formula is C47H30N2OS. The molecule has 0 aliphatic heterocycles. The molecule has 10 aromatic rings. The molecule has 0 aliphatic rings. The van der Waals surface area contributed by atoms with Gasteiger partial charge in [0.05, 0.1) is 15.8 Å². The van der Waals surface area contributed by atoms with Crippen LogP contribution in [0.2, 0.25) is 0 Å². The van der Waals surface area contributed by atoms with Crippen molar-refractivity contribution in [2.45, 2.75) is 0 Å². The first-order chi connectivity index (χ1) is 25.3. The molecule has 8 aromatic carbocycles. The topological polar surface area (TPSA) is 29.3 Å². The van der Waals surface area contributed by atoms with Crippen molar-refractivity contribution >= 4 is 71.3 Å². The summed E-state index contributed by atoms with van der Waals surface area (Å²) in [5.74, 6) is 0. The molecule has 2 heterocycles. The zero-order chi connectivity index (χ0) is 33.7. The molecule has 0 atom stereocenters. The molecule has 10 rings (SSSR count). The van der Waals surface area contributed by atoms with Crippen LogP contribution in [-0.4, -0.2) is 4.98 Å². The minimum Gasteiger partial charge on any atom is -0.456 e. The SMILES string of the molecule is c1ccc(-c2ccc(N(c3cccc(-c4ccc5ccccc5c4)c3)c3c4nc(-c5ccccc5)sc4cc4oc5ccccc5c34)cc2)cc1. The normalized spacial score (nSPS) is 11.5. The molecule has 0 spiro atoms. The van der Waals surface area contributed by atoms with E-state index in [0.29, 0.717) is 0 Å². The first-order valence-electron chi connectivity index (χ1n) is 17.1. The van der Waals surface area contributed by atoms with E-state index < -0.39 is 0 Å². The van der Waals surface area contributed by atoms with Crippen LogP contribution in [-0.2, 0) is 0 Å². The molecule has 0 N–H and O–H groups in total. The zero-order valence-electron chi connectivity index (χ0n) is 27.5. The highest BCUT2D eigenvalue weighted by atomic mass is 32.1. The Hall–Kier alpha value is -6.49. The molecule has 51 heavy (non-hydrogen) atoms. The molecule has 0 radical (unpaired) electrons. The number of para-hydroxylation sites is 1. The number of furan rings is 1. The van der Waals surface area contributed by atoms with E-state index in [4.69, 9.17) is 9.40 Å². The largest absolute Gasteiger partial charge is 0.456 e. The Kier molecular flexibility index (Phi) is 7.00. The van der Waals surface area contributed by atoms with Gasteiger partial charge in [-0.25, -0.2) is 4.98 Å². The summed E-state index contributed by atoms with van der Waals surface area (Å²) < 4.78 is 7.68. The average molecular weight is 671 g/mol. The molecule has 0 aliphatic carbocycles. The van der Waals surface area contributed by atoms with Crippen LogP contribution in [0, 0.1) is 0 Å². The Bertz CT molecular complexity index is 2850. The zero-order valence-corrected chi connectivity index (χ0v) is 28.3. The molecular weight excluding hydrogens is 641 g/mol. The fourth-order valence-corrected chi connectivity index (χ4v) is 8.21. The van der Waals surface area contributed by atoms with Gasteiger partial charge in [0.25, 0.3) is 0 Å². The van der Waals surface area contributed by atoms with Crippen LogP contribution in [0.15, 0.2) is 186 Å². The monoisotopic (exact) mass is 670 g/mol. The number of hydrogen-bond acceptors (Lipinski definition) is 4. The molecule has 3 nitrogen and oxygen atoms in total. The summed E-state index contributed by atoms with van der Waals surface area (Å²) in [6, 6.07) is 64.4. The van der Waals surface area contributed by atoms with Crippen LogP contribution in [0.1, 0.15) is 0 Å². The Balaban J connectivity index is 1.25. The molecule has 0 saturated heterocycles. The smallest absolute Gasteiger partial charge is 0.139 e. The van der Waals surface area contributed by atoms with Crippen molar-refractivity contribution in [1.29, 1.82) is 0 Å². The van der Waals surface area contributed by atoms with Crippen molar-refractivity contribution in [3.8, 4) is 32.8 Å². The first kappa shape index (κ1) is 29.4. The van der Waals surface area contributed by atoms with Crippen molar-refractivity contribution in [2.24, 2.45) is 0 Å². The third-order valence-corrected chi connectivity index (χ3v) is 10.7. The van der Waals surface area contributed by atoms with Crippen molar-refractivity contribution in [1.82, 2.24) is 4.98 Å². The van der Waals surface area contributed by atoms with Gasteiger partial charge in [0.2, 0.25) is 0 Å². The van der Waals surface area contributed by atoms with Gasteiger partial charge in [0.15, 0.2) is 0 Å². The van der Waals surface area contributed by atoms with Gasteiger partial charge in [-0.2, -0.15) is 0 Å². The second-order valence-corrected chi connectivity index (χ2v) is 13.8. The number of aromatic nitrogens is 1. The van der Waals surface area contributed by atoms with Gasteiger partial charge in [0.1, 0.15) is 21.7 Å². The number of fused-ring (bicyclic) bond motifs is 5. The summed E-state index contributed by atoms with van der Waals surface area (Å²) >= 11 is 1.70. The van der Waals surface area contributed by atoms with Crippen LogP contribution in [0.4, 0.5) is 17.1 Å². The number of anilines is 3. The Labute approximate surface area is 299 Å². The lowest BCUT2D eigenvalue weighted by Crippen LogP contribution is -2.11. The van der Waals surface area contributed by atoms with E-state index in [-0.39, 0.29) is 0 Å². The molecule has 0 fully saturated rings. The molecule has 0 unspecified atom stereocenters. The van der Waals surface area contributed by atoms with E-state index in [0.717, 1.165) is 65.4 Å². The minimum atomic E-state index is 0.846. The van der Waals surface area contributed by atoms with Crippen molar-refractivity contribution in [2.75, 3.05) is 4.90 Å². The van der Waals surface area contributed by atoms with Gasteiger partial charge >= 0.3 is 0 Å². The minimum absolute atomic E-state index is 0.846. The van der Waals surface area contributed by atoms with E-state index >= 15 is 0 Å². The summed E-state index contributed by atoms with van der Waals surface area (Å²) in [6.07, 6.45) is 0. The number of rotatable bonds is 6. The van der Waals surface area contributed by atoms with Crippen LogP contribution in [0.5, 0.6) is 0 Å². The maximum atomic E-state index is 6.60. The van der Waals surface area contributed by atoms with E-state index in [1.165, 1.54) is 27.5 Å².